The molecule has 0 bridgehead atoms. The monoisotopic (exact) mass is 357 g/mol. The molecule has 2 aromatic rings. The van der Waals surface area contributed by atoms with Crippen LogP contribution in [0.1, 0.15) is 31.1 Å². The minimum absolute atomic E-state index is 0.107. The zero-order chi connectivity index (χ0) is 18.7. The van der Waals surface area contributed by atoms with Crippen molar-refractivity contribution in [2.45, 2.75) is 33.0 Å². The van der Waals surface area contributed by atoms with Gasteiger partial charge < -0.3 is 19.5 Å². The highest BCUT2D eigenvalue weighted by Crippen LogP contribution is 2.27. The van der Waals surface area contributed by atoms with Crippen LogP contribution in [0.15, 0.2) is 30.5 Å². The van der Waals surface area contributed by atoms with Gasteiger partial charge in [0, 0.05) is 24.8 Å². The van der Waals surface area contributed by atoms with Gasteiger partial charge in [0.25, 0.3) is 0 Å². The summed E-state index contributed by atoms with van der Waals surface area (Å²) in [5.41, 5.74) is 1.51. The molecule has 1 saturated heterocycles. The van der Waals surface area contributed by atoms with Gasteiger partial charge in [-0.3, -0.25) is 0 Å². The number of aromatic carboxylic acids is 1. The number of hydrogen-bond acceptors (Lipinski definition) is 6. The smallest absolute Gasteiger partial charge is 0.339 e. The van der Waals surface area contributed by atoms with Crippen LogP contribution in [0.25, 0.3) is 11.3 Å². The molecule has 0 unspecified atom stereocenters. The molecule has 0 saturated carbocycles. The van der Waals surface area contributed by atoms with E-state index in [0.29, 0.717) is 29.6 Å². The quantitative estimate of drug-likeness (QED) is 0.880. The van der Waals surface area contributed by atoms with E-state index in [1.807, 2.05) is 26.8 Å². The van der Waals surface area contributed by atoms with Crippen LogP contribution in [0.5, 0.6) is 5.75 Å². The van der Waals surface area contributed by atoms with E-state index in [4.69, 9.17) is 9.47 Å². The van der Waals surface area contributed by atoms with Gasteiger partial charge in [-0.15, -0.1) is 0 Å². The van der Waals surface area contributed by atoms with E-state index in [2.05, 4.69) is 14.9 Å². The van der Waals surface area contributed by atoms with Crippen molar-refractivity contribution < 1.29 is 19.4 Å². The molecule has 1 aromatic heterocycles. The summed E-state index contributed by atoms with van der Waals surface area (Å²) in [6, 6.07) is 6.85. The van der Waals surface area contributed by atoms with Crippen molar-refractivity contribution >= 4 is 11.9 Å². The van der Waals surface area contributed by atoms with Gasteiger partial charge in [0.1, 0.15) is 11.3 Å². The van der Waals surface area contributed by atoms with Crippen LogP contribution in [-0.4, -0.2) is 52.9 Å². The number of hydrogen-bond donors (Lipinski definition) is 1. The lowest BCUT2D eigenvalue weighted by atomic mass is 10.1. The van der Waals surface area contributed by atoms with Gasteiger partial charge in [0.2, 0.25) is 5.95 Å². The molecule has 2 heterocycles. The largest absolute Gasteiger partial charge is 0.493 e. The number of carboxylic acid groups (broad SMARTS) is 1. The molecule has 1 N–H and O–H groups in total. The van der Waals surface area contributed by atoms with E-state index in [1.165, 1.54) is 0 Å². The number of nitrogens with zero attached hydrogens (tertiary/aromatic N) is 3. The van der Waals surface area contributed by atoms with Gasteiger partial charge in [0.05, 0.1) is 24.5 Å². The number of carboxylic acids is 1. The third-order valence-electron chi connectivity index (χ3n) is 4.15. The number of aromatic nitrogens is 2. The fourth-order valence-electron chi connectivity index (χ4n) is 3.14. The summed E-state index contributed by atoms with van der Waals surface area (Å²) in [6.45, 7) is 7.72. The predicted molar refractivity (Wildman–Crippen MR) is 97.8 cm³/mol. The Morgan fingerprint density at radius 3 is 2.69 bits per heavy atom. The van der Waals surface area contributed by atoms with Gasteiger partial charge in [-0.2, -0.15) is 0 Å². The summed E-state index contributed by atoms with van der Waals surface area (Å²) in [6.07, 6.45) is 1.91. The van der Waals surface area contributed by atoms with Gasteiger partial charge in [-0.1, -0.05) is 0 Å². The average Bonchev–Trinajstić information content (AvgIpc) is 2.61. The molecule has 1 aliphatic rings. The number of carbonyl (C=O) groups is 1. The van der Waals surface area contributed by atoms with Crippen molar-refractivity contribution in [2.24, 2.45) is 0 Å². The van der Waals surface area contributed by atoms with E-state index in [9.17, 15) is 9.90 Å². The van der Waals surface area contributed by atoms with Crippen molar-refractivity contribution in [1.82, 2.24) is 9.97 Å². The average molecular weight is 357 g/mol. The van der Waals surface area contributed by atoms with Crippen molar-refractivity contribution in [3.8, 4) is 17.0 Å². The van der Waals surface area contributed by atoms with Gasteiger partial charge in [-0.05, 0) is 45.0 Å². The lowest BCUT2D eigenvalue weighted by Crippen LogP contribution is -2.46. The molecular weight excluding hydrogens is 334 g/mol. The van der Waals surface area contributed by atoms with Crippen molar-refractivity contribution in [1.29, 1.82) is 0 Å². The zero-order valence-corrected chi connectivity index (χ0v) is 15.2. The zero-order valence-electron chi connectivity index (χ0n) is 15.2. The number of morpholine rings is 1. The first-order valence-electron chi connectivity index (χ1n) is 8.72. The fourth-order valence-corrected chi connectivity index (χ4v) is 3.14. The number of anilines is 1. The Bertz CT molecular complexity index is 786. The van der Waals surface area contributed by atoms with Crippen LogP contribution >= 0.6 is 0 Å². The van der Waals surface area contributed by atoms with E-state index in [0.717, 1.165) is 13.1 Å². The first-order chi connectivity index (χ1) is 12.5. The highest BCUT2D eigenvalue weighted by molar-refractivity contribution is 5.92. The summed E-state index contributed by atoms with van der Waals surface area (Å²) in [5.74, 6) is -0.0514. The third-order valence-corrected chi connectivity index (χ3v) is 4.15. The topological polar surface area (TPSA) is 84.8 Å². The van der Waals surface area contributed by atoms with Crippen molar-refractivity contribution in [3.63, 3.8) is 0 Å². The molecule has 138 valence electrons. The van der Waals surface area contributed by atoms with Crippen molar-refractivity contribution in [3.05, 3.63) is 36.0 Å². The Hall–Kier alpha value is -2.67. The lowest BCUT2D eigenvalue weighted by Gasteiger charge is -2.35. The summed E-state index contributed by atoms with van der Waals surface area (Å²) in [5, 5.41) is 9.45. The minimum atomic E-state index is -1.03. The molecule has 7 nitrogen and oxygen atoms in total. The summed E-state index contributed by atoms with van der Waals surface area (Å²) >= 11 is 0. The lowest BCUT2D eigenvalue weighted by molar-refractivity contribution is -0.00571. The number of ether oxygens (including phenoxy) is 2. The molecule has 0 amide bonds. The molecule has 0 radical (unpaired) electrons. The Morgan fingerprint density at radius 1 is 1.31 bits per heavy atom. The molecule has 1 aliphatic heterocycles. The van der Waals surface area contributed by atoms with Gasteiger partial charge in [0.15, 0.2) is 0 Å². The van der Waals surface area contributed by atoms with Gasteiger partial charge in [-0.25, -0.2) is 14.8 Å². The van der Waals surface area contributed by atoms with E-state index in [1.54, 1.807) is 24.4 Å². The maximum Gasteiger partial charge on any atom is 0.339 e. The first-order valence-corrected chi connectivity index (χ1v) is 8.72. The Morgan fingerprint density at radius 2 is 2.04 bits per heavy atom. The summed E-state index contributed by atoms with van der Waals surface area (Å²) < 4.78 is 11.2. The summed E-state index contributed by atoms with van der Waals surface area (Å²) in [7, 11) is 0. The standard InChI is InChI=1S/C19H23N3O4/c1-4-25-17-6-5-14(9-15(17)18(23)24)16-7-8-20-19(21-16)22-10-12(2)26-13(3)11-22/h5-9,12-13H,4,10-11H2,1-3H3,(H,23,24)/t12-,13+. The second-order valence-electron chi connectivity index (χ2n) is 6.35. The van der Waals surface area contributed by atoms with E-state index >= 15 is 0 Å². The molecular formula is C19H23N3O4. The van der Waals surface area contributed by atoms with Crippen LogP contribution in [0, 0.1) is 0 Å². The Kier molecular flexibility index (Phi) is 5.37. The normalized spacial score (nSPS) is 20.0. The molecule has 0 aliphatic carbocycles. The SMILES string of the molecule is CCOc1ccc(-c2ccnc(N3C[C@@H](C)O[C@@H](C)C3)n2)cc1C(=O)O. The van der Waals surface area contributed by atoms with Crippen LogP contribution < -0.4 is 9.64 Å². The minimum Gasteiger partial charge on any atom is -0.493 e. The second kappa shape index (κ2) is 7.70. The fraction of sp³-hybridized carbons (Fsp3) is 0.421. The first kappa shape index (κ1) is 18.1. The van der Waals surface area contributed by atoms with Crippen LogP contribution in [0.4, 0.5) is 5.95 Å². The Balaban J connectivity index is 1.93. The van der Waals surface area contributed by atoms with Gasteiger partial charge >= 0.3 is 5.97 Å². The second-order valence-corrected chi connectivity index (χ2v) is 6.35. The number of rotatable bonds is 5. The van der Waals surface area contributed by atoms with E-state index in [-0.39, 0.29) is 17.8 Å². The van der Waals surface area contributed by atoms with Crippen LogP contribution in [0.3, 0.4) is 0 Å². The molecule has 2 atom stereocenters. The predicted octanol–water partition coefficient (Wildman–Crippen LogP) is 2.85. The molecule has 3 rings (SSSR count). The molecule has 7 heteroatoms. The summed E-state index contributed by atoms with van der Waals surface area (Å²) in [4.78, 5) is 22.6. The molecule has 1 aromatic carbocycles. The van der Waals surface area contributed by atoms with E-state index < -0.39 is 5.97 Å². The highest BCUT2D eigenvalue weighted by atomic mass is 16.5. The van der Waals surface area contributed by atoms with Crippen LogP contribution in [-0.2, 0) is 4.74 Å². The maximum absolute atomic E-state index is 11.5. The molecule has 26 heavy (non-hydrogen) atoms. The molecule has 0 spiro atoms. The maximum atomic E-state index is 11.5. The molecule has 1 fully saturated rings. The third kappa shape index (κ3) is 3.94. The number of benzene rings is 1. The highest BCUT2D eigenvalue weighted by Gasteiger charge is 2.24. The van der Waals surface area contributed by atoms with Crippen molar-refractivity contribution in [2.75, 3.05) is 24.6 Å². The Labute approximate surface area is 152 Å². The van der Waals surface area contributed by atoms with Crippen LogP contribution in [0.2, 0.25) is 0 Å².